The molecule has 0 spiro atoms. The van der Waals surface area contributed by atoms with Crippen LogP contribution in [0.3, 0.4) is 0 Å². The van der Waals surface area contributed by atoms with Crippen LogP contribution in [0.5, 0.6) is 0 Å². The number of anilines is 1. The zero-order valence-corrected chi connectivity index (χ0v) is 9.76. The molecule has 0 aliphatic carbocycles. The summed E-state index contributed by atoms with van der Waals surface area (Å²) in [6.45, 7) is 0. The van der Waals surface area contributed by atoms with Crippen molar-refractivity contribution in [1.29, 1.82) is 0 Å². The number of hydrogen-bond donors (Lipinski definition) is 2. The molecule has 2 amide bonds. The van der Waals surface area contributed by atoms with Crippen LogP contribution in [-0.2, 0) is 0 Å². The Morgan fingerprint density at radius 1 is 1.64 bits per heavy atom. The van der Waals surface area contributed by atoms with Crippen LogP contribution in [0.4, 0.5) is 10.5 Å². The first-order chi connectivity index (χ1) is 6.50. The van der Waals surface area contributed by atoms with E-state index in [9.17, 15) is 4.79 Å². The lowest BCUT2D eigenvalue weighted by Crippen LogP contribution is -2.36. The molecule has 4 nitrogen and oxygen atoms in total. The van der Waals surface area contributed by atoms with Crippen LogP contribution >= 0.6 is 27.5 Å². The van der Waals surface area contributed by atoms with Crippen molar-refractivity contribution >= 4 is 39.2 Å². The maximum Gasteiger partial charge on any atom is 0.335 e. The molecule has 1 rings (SSSR count). The first kappa shape index (κ1) is 11.3. The fourth-order valence-electron chi connectivity index (χ4n) is 0.786. The van der Waals surface area contributed by atoms with E-state index in [-0.39, 0.29) is 0 Å². The van der Waals surface area contributed by atoms with Gasteiger partial charge in [0.05, 0.1) is 5.02 Å². The first-order valence-electron chi connectivity index (χ1n) is 3.75. The van der Waals surface area contributed by atoms with Gasteiger partial charge in [0.15, 0.2) is 0 Å². The minimum Gasteiger partial charge on any atom is -0.307 e. The third kappa shape index (κ3) is 2.87. The van der Waals surface area contributed by atoms with Gasteiger partial charge in [0.1, 0.15) is 0 Å². The Kier molecular flexibility index (Phi) is 3.74. The molecule has 76 valence electrons. The van der Waals surface area contributed by atoms with Gasteiger partial charge >= 0.3 is 6.03 Å². The number of benzene rings is 1. The molecule has 0 atom stereocenters. The van der Waals surface area contributed by atoms with Crippen molar-refractivity contribution in [2.45, 2.75) is 0 Å². The second kappa shape index (κ2) is 4.63. The maximum absolute atomic E-state index is 11.1. The Morgan fingerprint density at radius 2 is 2.29 bits per heavy atom. The summed E-state index contributed by atoms with van der Waals surface area (Å²) < 4.78 is 0.776. The van der Waals surface area contributed by atoms with E-state index in [1.165, 1.54) is 7.05 Å². The average molecular weight is 279 g/mol. The van der Waals surface area contributed by atoms with Gasteiger partial charge in [0.2, 0.25) is 0 Å². The van der Waals surface area contributed by atoms with Gasteiger partial charge in [-0.05, 0) is 34.1 Å². The molecular formula is C8H9BrClN3O. The summed E-state index contributed by atoms with van der Waals surface area (Å²) in [5.74, 6) is 5.23. The highest BCUT2D eigenvalue weighted by Crippen LogP contribution is 2.25. The molecule has 0 heterocycles. The summed E-state index contributed by atoms with van der Waals surface area (Å²) in [6, 6.07) is 4.70. The fraction of sp³-hybridized carbons (Fsp3) is 0.125. The van der Waals surface area contributed by atoms with Crippen molar-refractivity contribution in [2.75, 3.05) is 12.4 Å². The SMILES string of the molecule is CN(N)C(=O)Nc1ccc(Br)c(Cl)c1. The summed E-state index contributed by atoms with van der Waals surface area (Å²) in [5.41, 5.74) is 0.598. The molecule has 0 aromatic heterocycles. The van der Waals surface area contributed by atoms with Crippen LogP contribution in [0.15, 0.2) is 22.7 Å². The molecule has 0 radical (unpaired) electrons. The minimum absolute atomic E-state index is 0.400. The average Bonchev–Trinajstić information content (AvgIpc) is 2.11. The van der Waals surface area contributed by atoms with Gasteiger partial charge in [-0.2, -0.15) is 0 Å². The molecule has 3 N–H and O–H groups in total. The highest BCUT2D eigenvalue weighted by Gasteiger charge is 2.05. The lowest BCUT2D eigenvalue weighted by molar-refractivity contribution is 0.223. The zero-order chi connectivity index (χ0) is 10.7. The Labute approximate surface area is 95.1 Å². The molecular weight excluding hydrogens is 269 g/mol. The van der Waals surface area contributed by atoms with E-state index in [4.69, 9.17) is 17.4 Å². The molecule has 14 heavy (non-hydrogen) atoms. The molecule has 0 bridgehead atoms. The Bertz CT molecular complexity index is 356. The molecule has 0 aliphatic heterocycles. The number of halogens is 2. The summed E-state index contributed by atoms with van der Waals surface area (Å²) in [4.78, 5) is 11.1. The molecule has 0 unspecified atom stereocenters. The van der Waals surface area contributed by atoms with Gasteiger partial charge in [-0.3, -0.25) is 5.01 Å². The molecule has 6 heteroatoms. The van der Waals surface area contributed by atoms with Crippen LogP contribution in [-0.4, -0.2) is 18.1 Å². The quantitative estimate of drug-likeness (QED) is 0.471. The van der Waals surface area contributed by atoms with E-state index in [1.807, 2.05) is 0 Å². The number of amides is 2. The highest BCUT2D eigenvalue weighted by atomic mass is 79.9. The highest BCUT2D eigenvalue weighted by molar-refractivity contribution is 9.10. The Hall–Kier alpha value is -0.780. The largest absolute Gasteiger partial charge is 0.335 e. The molecule has 0 fully saturated rings. The third-order valence-corrected chi connectivity index (χ3v) is 2.72. The van der Waals surface area contributed by atoms with Crippen LogP contribution in [0.25, 0.3) is 0 Å². The van der Waals surface area contributed by atoms with Crippen LogP contribution < -0.4 is 11.2 Å². The van der Waals surface area contributed by atoms with Crippen molar-refractivity contribution in [1.82, 2.24) is 5.01 Å². The third-order valence-electron chi connectivity index (χ3n) is 1.49. The molecule has 0 aliphatic rings. The van der Waals surface area contributed by atoms with E-state index in [2.05, 4.69) is 21.2 Å². The summed E-state index contributed by atoms with van der Waals surface area (Å²) in [5, 5.41) is 4.05. The molecule has 0 saturated heterocycles. The summed E-state index contributed by atoms with van der Waals surface area (Å²) in [7, 11) is 1.45. The monoisotopic (exact) mass is 277 g/mol. The normalized spacial score (nSPS) is 9.71. The van der Waals surface area contributed by atoms with Gasteiger partial charge in [-0.15, -0.1) is 0 Å². The summed E-state index contributed by atoms with van der Waals surface area (Å²) in [6.07, 6.45) is 0. The predicted molar refractivity (Wildman–Crippen MR) is 60.1 cm³/mol. The zero-order valence-electron chi connectivity index (χ0n) is 7.42. The van der Waals surface area contributed by atoms with Crippen molar-refractivity contribution < 1.29 is 4.79 Å². The van der Waals surface area contributed by atoms with Gasteiger partial charge in [-0.1, -0.05) is 11.6 Å². The maximum atomic E-state index is 11.1. The van der Waals surface area contributed by atoms with Crippen LogP contribution in [0.2, 0.25) is 5.02 Å². The van der Waals surface area contributed by atoms with Crippen molar-refractivity contribution in [3.05, 3.63) is 27.7 Å². The Morgan fingerprint density at radius 3 is 2.79 bits per heavy atom. The lowest BCUT2D eigenvalue weighted by atomic mass is 10.3. The number of rotatable bonds is 1. The smallest absolute Gasteiger partial charge is 0.307 e. The number of carbonyl (C=O) groups is 1. The first-order valence-corrected chi connectivity index (χ1v) is 4.92. The van der Waals surface area contributed by atoms with E-state index in [0.29, 0.717) is 10.7 Å². The molecule has 1 aromatic carbocycles. The van der Waals surface area contributed by atoms with E-state index in [0.717, 1.165) is 9.48 Å². The number of nitrogens with zero attached hydrogens (tertiary/aromatic N) is 1. The Balaban J connectivity index is 2.78. The topological polar surface area (TPSA) is 58.4 Å². The van der Waals surface area contributed by atoms with Crippen molar-refractivity contribution in [2.24, 2.45) is 5.84 Å². The van der Waals surface area contributed by atoms with Gasteiger partial charge in [0.25, 0.3) is 0 Å². The van der Waals surface area contributed by atoms with Gasteiger partial charge < -0.3 is 5.32 Å². The van der Waals surface area contributed by atoms with Gasteiger partial charge in [0, 0.05) is 17.2 Å². The second-order valence-corrected chi connectivity index (χ2v) is 3.93. The molecule has 1 aromatic rings. The number of hydrogen-bond acceptors (Lipinski definition) is 2. The lowest BCUT2D eigenvalue weighted by Gasteiger charge is -2.11. The fourth-order valence-corrected chi connectivity index (χ4v) is 1.21. The van der Waals surface area contributed by atoms with Crippen molar-refractivity contribution in [3.63, 3.8) is 0 Å². The number of carbonyl (C=O) groups excluding carboxylic acids is 1. The number of urea groups is 1. The minimum atomic E-state index is -0.400. The van der Waals surface area contributed by atoms with Crippen LogP contribution in [0.1, 0.15) is 0 Å². The van der Waals surface area contributed by atoms with E-state index < -0.39 is 6.03 Å². The number of nitrogens with two attached hydrogens (primary N) is 1. The second-order valence-electron chi connectivity index (χ2n) is 2.67. The number of nitrogens with one attached hydrogen (secondary N) is 1. The standard InChI is InChI=1S/C8H9BrClN3O/c1-13(11)8(14)12-5-2-3-6(9)7(10)4-5/h2-4H,11H2,1H3,(H,12,14). The number of hydrazine groups is 1. The van der Waals surface area contributed by atoms with E-state index >= 15 is 0 Å². The van der Waals surface area contributed by atoms with Crippen LogP contribution in [0, 0.1) is 0 Å². The van der Waals surface area contributed by atoms with Crippen molar-refractivity contribution in [3.8, 4) is 0 Å². The summed E-state index contributed by atoms with van der Waals surface area (Å²) >= 11 is 9.08. The van der Waals surface area contributed by atoms with Gasteiger partial charge in [-0.25, -0.2) is 10.6 Å². The predicted octanol–water partition coefficient (Wildman–Crippen LogP) is 2.44. The van der Waals surface area contributed by atoms with E-state index in [1.54, 1.807) is 18.2 Å². The molecule has 0 saturated carbocycles.